The van der Waals surface area contributed by atoms with Crippen LogP contribution in [-0.2, 0) is 4.79 Å². The normalized spacial score (nSPS) is 23.5. The molecule has 0 radical (unpaired) electrons. The Hall–Kier alpha value is -1.39. The number of hydrogen-bond acceptors (Lipinski definition) is 3. The van der Waals surface area contributed by atoms with Crippen molar-refractivity contribution in [2.24, 2.45) is 0 Å². The van der Waals surface area contributed by atoms with Gasteiger partial charge in [-0.1, -0.05) is 0 Å². The number of hydrogen-bond donors (Lipinski definition) is 1. The van der Waals surface area contributed by atoms with Crippen LogP contribution in [0.2, 0.25) is 0 Å². The maximum absolute atomic E-state index is 12.6. The van der Waals surface area contributed by atoms with Crippen molar-refractivity contribution in [1.29, 1.82) is 0 Å². The first-order valence-electron chi connectivity index (χ1n) is 7.36. The number of nitrogens with zero attached hydrogens (tertiary/aromatic N) is 1. The molecule has 1 amide bonds. The van der Waals surface area contributed by atoms with Crippen LogP contribution < -0.4 is 10.2 Å². The zero-order valence-electron chi connectivity index (χ0n) is 11.3. The largest absolute Gasteiger partial charge is 0.311 e. The molecule has 1 aromatic heterocycles. The van der Waals surface area contributed by atoms with Crippen molar-refractivity contribution in [3.8, 4) is 0 Å². The molecule has 1 unspecified atom stereocenters. The van der Waals surface area contributed by atoms with Crippen molar-refractivity contribution in [2.45, 2.75) is 37.8 Å². The van der Waals surface area contributed by atoms with Crippen LogP contribution in [0.4, 0.5) is 5.69 Å². The Morgan fingerprint density at radius 2 is 2.10 bits per heavy atom. The number of rotatable bonds is 3. The van der Waals surface area contributed by atoms with Crippen molar-refractivity contribution in [3.63, 3.8) is 0 Å². The van der Waals surface area contributed by atoms with Gasteiger partial charge in [-0.3, -0.25) is 4.79 Å². The van der Waals surface area contributed by atoms with E-state index in [1.807, 2.05) is 4.90 Å². The molecular weight excluding hydrogens is 268 g/mol. The molecule has 1 aliphatic heterocycles. The van der Waals surface area contributed by atoms with E-state index in [-0.39, 0.29) is 11.9 Å². The Balaban J connectivity index is 1.60. The third-order valence-electron chi connectivity index (χ3n) is 4.20. The van der Waals surface area contributed by atoms with Gasteiger partial charge in [0.15, 0.2) is 0 Å². The molecule has 0 spiro atoms. The van der Waals surface area contributed by atoms with Crippen LogP contribution in [0, 0.1) is 0 Å². The van der Waals surface area contributed by atoms with Gasteiger partial charge in [-0.15, -0.1) is 11.3 Å². The molecule has 1 aliphatic carbocycles. The lowest BCUT2D eigenvalue weighted by Gasteiger charge is -2.33. The molecule has 1 saturated carbocycles. The lowest BCUT2D eigenvalue weighted by Crippen LogP contribution is -2.51. The number of amides is 1. The quantitative estimate of drug-likeness (QED) is 0.940. The molecule has 1 atom stereocenters. The summed E-state index contributed by atoms with van der Waals surface area (Å²) in [7, 11) is 0. The van der Waals surface area contributed by atoms with Crippen LogP contribution in [0.25, 0.3) is 10.1 Å². The lowest BCUT2D eigenvalue weighted by atomic mass is 10.0. The highest BCUT2D eigenvalue weighted by Gasteiger charge is 2.33. The molecule has 2 heterocycles. The van der Waals surface area contributed by atoms with Crippen LogP contribution in [0.1, 0.15) is 25.7 Å². The van der Waals surface area contributed by atoms with Crippen molar-refractivity contribution in [2.75, 3.05) is 11.4 Å². The van der Waals surface area contributed by atoms with Crippen molar-refractivity contribution >= 4 is 33.0 Å². The van der Waals surface area contributed by atoms with Gasteiger partial charge in [0.25, 0.3) is 0 Å². The summed E-state index contributed by atoms with van der Waals surface area (Å²) in [5, 5.41) is 6.82. The second-order valence-corrected chi connectivity index (χ2v) is 6.72. The molecule has 2 fully saturated rings. The monoisotopic (exact) mass is 286 g/mol. The van der Waals surface area contributed by atoms with Gasteiger partial charge in [0.1, 0.15) is 0 Å². The third-order valence-corrected chi connectivity index (χ3v) is 5.10. The van der Waals surface area contributed by atoms with E-state index in [9.17, 15) is 4.79 Å². The molecule has 0 bridgehead atoms. The summed E-state index contributed by atoms with van der Waals surface area (Å²) in [5.41, 5.74) is 1.04. The SMILES string of the molecule is O=C1C(NC2CC2)CCCN1c1ccc2sccc2c1. The number of carbonyl (C=O) groups is 1. The first-order chi connectivity index (χ1) is 9.81. The summed E-state index contributed by atoms with van der Waals surface area (Å²) in [4.78, 5) is 14.6. The molecule has 104 valence electrons. The molecule has 1 saturated heterocycles. The molecular formula is C16H18N2OS. The van der Waals surface area contributed by atoms with E-state index in [0.717, 1.165) is 25.1 Å². The van der Waals surface area contributed by atoms with Crippen LogP contribution >= 0.6 is 11.3 Å². The predicted octanol–water partition coefficient (Wildman–Crippen LogP) is 3.15. The highest BCUT2D eigenvalue weighted by molar-refractivity contribution is 7.17. The Morgan fingerprint density at radius 3 is 2.95 bits per heavy atom. The zero-order valence-corrected chi connectivity index (χ0v) is 12.2. The lowest BCUT2D eigenvalue weighted by molar-refractivity contribution is -0.121. The van der Waals surface area contributed by atoms with Crippen LogP contribution in [0.15, 0.2) is 29.6 Å². The molecule has 1 N–H and O–H groups in total. The van der Waals surface area contributed by atoms with Crippen molar-refractivity contribution in [1.82, 2.24) is 5.32 Å². The van der Waals surface area contributed by atoms with E-state index in [4.69, 9.17) is 0 Å². The molecule has 20 heavy (non-hydrogen) atoms. The van der Waals surface area contributed by atoms with Crippen molar-refractivity contribution in [3.05, 3.63) is 29.6 Å². The number of anilines is 1. The molecule has 3 nitrogen and oxygen atoms in total. The van der Waals surface area contributed by atoms with E-state index in [0.29, 0.717) is 6.04 Å². The Morgan fingerprint density at radius 1 is 1.20 bits per heavy atom. The Bertz CT molecular complexity index is 647. The van der Waals surface area contributed by atoms with Gasteiger partial charge < -0.3 is 10.2 Å². The Kier molecular flexibility index (Phi) is 3.00. The van der Waals surface area contributed by atoms with Gasteiger partial charge in [-0.05, 0) is 60.7 Å². The number of carbonyl (C=O) groups excluding carboxylic acids is 1. The molecule has 4 heteroatoms. The van der Waals surface area contributed by atoms with Gasteiger partial charge in [0.05, 0.1) is 6.04 Å². The minimum Gasteiger partial charge on any atom is -0.311 e. The number of fused-ring (bicyclic) bond motifs is 1. The predicted molar refractivity (Wildman–Crippen MR) is 83.4 cm³/mol. The van der Waals surface area contributed by atoms with E-state index in [1.165, 1.54) is 22.9 Å². The first kappa shape index (κ1) is 12.4. The van der Waals surface area contributed by atoms with E-state index in [1.54, 1.807) is 11.3 Å². The average Bonchev–Trinajstić information content (AvgIpc) is 3.15. The molecule has 2 aliphatic rings. The van der Waals surface area contributed by atoms with Crippen LogP contribution in [-0.4, -0.2) is 24.5 Å². The highest BCUT2D eigenvalue weighted by atomic mass is 32.1. The number of nitrogens with one attached hydrogen (secondary N) is 1. The standard InChI is InChI=1S/C16H18N2OS/c19-16-14(17-12-3-4-12)2-1-8-18(16)13-5-6-15-11(10-13)7-9-20-15/h5-7,9-10,12,14,17H,1-4,8H2. The fourth-order valence-electron chi connectivity index (χ4n) is 2.94. The molecule has 2 aromatic rings. The van der Waals surface area contributed by atoms with Gasteiger partial charge in [0.2, 0.25) is 5.91 Å². The summed E-state index contributed by atoms with van der Waals surface area (Å²) >= 11 is 1.74. The average molecular weight is 286 g/mol. The molecule has 4 rings (SSSR count). The minimum absolute atomic E-state index is 0.0226. The summed E-state index contributed by atoms with van der Waals surface area (Å²) in [6.45, 7) is 0.845. The topological polar surface area (TPSA) is 32.3 Å². The third kappa shape index (κ3) is 2.23. The van der Waals surface area contributed by atoms with Gasteiger partial charge in [0, 0.05) is 23.0 Å². The summed E-state index contributed by atoms with van der Waals surface area (Å²) < 4.78 is 1.28. The second-order valence-electron chi connectivity index (χ2n) is 5.77. The fraction of sp³-hybridized carbons (Fsp3) is 0.438. The summed E-state index contributed by atoms with van der Waals surface area (Å²) in [5.74, 6) is 0.248. The zero-order chi connectivity index (χ0) is 13.5. The Labute approximate surface area is 122 Å². The molecule has 1 aromatic carbocycles. The van der Waals surface area contributed by atoms with Gasteiger partial charge in [-0.25, -0.2) is 0 Å². The van der Waals surface area contributed by atoms with Gasteiger partial charge in [-0.2, -0.15) is 0 Å². The van der Waals surface area contributed by atoms with Crippen LogP contribution in [0.3, 0.4) is 0 Å². The summed E-state index contributed by atoms with van der Waals surface area (Å²) in [6, 6.07) is 9.08. The van der Waals surface area contributed by atoms with Crippen molar-refractivity contribution < 1.29 is 4.79 Å². The van der Waals surface area contributed by atoms with E-state index in [2.05, 4.69) is 35.0 Å². The second kappa shape index (κ2) is 4.86. The van der Waals surface area contributed by atoms with E-state index >= 15 is 0 Å². The number of piperidine rings is 1. The summed E-state index contributed by atoms with van der Waals surface area (Å²) in [6.07, 6.45) is 4.51. The first-order valence-corrected chi connectivity index (χ1v) is 8.24. The van der Waals surface area contributed by atoms with Gasteiger partial charge >= 0.3 is 0 Å². The maximum Gasteiger partial charge on any atom is 0.244 e. The minimum atomic E-state index is 0.0226. The maximum atomic E-state index is 12.6. The smallest absolute Gasteiger partial charge is 0.244 e. The highest BCUT2D eigenvalue weighted by Crippen LogP contribution is 2.29. The fourth-order valence-corrected chi connectivity index (χ4v) is 3.71. The number of thiophene rings is 1. The van der Waals surface area contributed by atoms with Crippen LogP contribution in [0.5, 0.6) is 0 Å². The van der Waals surface area contributed by atoms with E-state index < -0.39 is 0 Å². The number of benzene rings is 1.